The van der Waals surface area contributed by atoms with Crippen LogP contribution in [0.25, 0.3) is 0 Å². The Kier molecular flexibility index (Phi) is 2.83. The van der Waals surface area contributed by atoms with Crippen LogP contribution in [-0.2, 0) is 16.4 Å². The van der Waals surface area contributed by atoms with E-state index in [1.54, 1.807) is 19.3 Å². The minimum atomic E-state index is -0.496. The summed E-state index contributed by atoms with van der Waals surface area (Å²) in [6.45, 7) is 7.94. The third-order valence-electron chi connectivity index (χ3n) is 3.76. The molecule has 98 valence electrons. The first kappa shape index (κ1) is 13.2. The van der Waals surface area contributed by atoms with E-state index in [0.717, 1.165) is 5.46 Å². The van der Waals surface area contributed by atoms with Gasteiger partial charge in [0.2, 0.25) is 0 Å². The lowest BCUT2D eigenvalue weighted by molar-refractivity contribution is 0.00578. The van der Waals surface area contributed by atoms with E-state index < -0.39 is 18.3 Å². The molecule has 2 N–H and O–H groups in total. The molecule has 0 bridgehead atoms. The summed E-state index contributed by atoms with van der Waals surface area (Å²) in [5.41, 5.74) is 5.62. The number of nitrogens with two attached hydrogens (primary N) is 1. The van der Waals surface area contributed by atoms with E-state index in [2.05, 4.69) is 0 Å². The van der Waals surface area contributed by atoms with Gasteiger partial charge in [0.15, 0.2) is 0 Å². The highest BCUT2D eigenvalue weighted by molar-refractivity contribution is 6.62. The molecular formula is C12H19BN2O3. The fraction of sp³-hybridized carbons (Fsp3) is 0.583. The first-order valence-corrected chi connectivity index (χ1v) is 5.96. The predicted molar refractivity (Wildman–Crippen MR) is 71.8 cm³/mol. The second kappa shape index (κ2) is 3.86. The summed E-state index contributed by atoms with van der Waals surface area (Å²) in [5.74, 6) is 0. The van der Waals surface area contributed by atoms with Gasteiger partial charge in [-0.15, -0.1) is 0 Å². The van der Waals surface area contributed by atoms with Gasteiger partial charge in [-0.3, -0.25) is 4.79 Å². The smallest absolute Gasteiger partial charge is 0.399 e. The van der Waals surface area contributed by atoms with Crippen LogP contribution in [0.15, 0.2) is 17.1 Å². The fourth-order valence-corrected chi connectivity index (χ4v) is 1.87. The van der Waals surface area contributed by atoms with E-state index in [9.17, 15) is 4.79 Å². The van der Waals surface area contributed by atoms with Gasteiger partial charge in [0.25, 0.3) is 5.56 Å². The third kappa shape index (κ3) is 1.95. The molecule has 1 aromatic rings. The van der Waals surface area contributed by atoms with Crippen LogP contribution in [0, 0.1) is 0 Å². The van der Waals surface area contributed by atoms with Crippen LogP contribution in [-0.4, -0.2) is 22.9 Å². The number of aryl methyl sites for hydroxylation is 1. The molecular weight excluding hydrogens is 231 g/mol. The number of nitrogen functional groups attached to an aromatic ring is 1. The number of anilines is 1. The average molecular weight is 250 g/mol. The number of pyridine rings is 1. The summed E-state index contributed by atoms with van der Waals surface area (Å²) in [7, 11) is 1.16. The molecule has 0 aromatic carbocycles. The van der Waals surface area contributed by atoms with Crippen LogP contribution in [0.2, 0.25) is 0 Å². The van der Waals surface area contributed by atoms with Gasteiger partial charge in [0.1, 0.15) is 0 Å². The highest BCUT2D eigenvalue weighted by atomic mass is 16.7. The van der Waals surface area contributed by atoms with E-state index in [-0.39, 0.29) is 11.2 Å². The summed E-state index contributed by atoms with van der Waals surface area (Å²) in [5, 5.41) is 0. The van der Waals surface area contributed by atoms with Crippen LogP contribution < -0.4 is 16.8 Å². The molecule has 1 fully saturated rings. The van der Waals surface area contributed by atoms with Crippen molar-refractivity contribution in [1.29, 1.82) is 0 Å². The topological polar surface area (TPSA) is 66.5 Å². The molecule has 1 saturated heterocycles. The maximum absolute atomic E-state index is 11.5. The third-order valence-corrected chi connectivity index (χ3v) is 3.76. The normalized spacial score (nSPS) is 21.3. The van der Waals surface area contributed by atoms with Crippen molar-refractivity contribution in [2.24, 2.45) is 7.05 Å². The van der Waals surface area contributed by atoms with Crippen molar-refractivity contribution in [3.05, 3.63) is 22.6 Å². The molecule has 1 aliphatic heterocycles. The Morgan fingerprint density at radius 3 is 2.17 bits per heavy atom. The van der Waals surface area contributed by atoms with Crippen molar-refractivity contribution in [3.63, 3.8) is 0 Å². The molecule has 0 atom stereocenters. The van der Waals surface area contributed by atoms with E-state index in [1.807, 2.05) is 27.7 Å². The van der Waals surface area contributed by atoms with Gasteiger partial charge in [0, 0.05) is 18.7 Å². The Bertz CT molecular complexity index is 494. The summed E-state index contributed by atoms with van der Waals surface area (Å²) >= 11 is 0. The minimum absolute atomic E-state index is 0.199. The zero-order chi connectivity index (χ0) is 13.7. The molecule has 18 heavy (non-hydrogen) atoms. The van der Waals surface area contributed by atoms with Gasteiger partial charge in [-0.05, 0) is 33.8 Å². The highest BCUT2D eigenvalue weighted by Gasteiger charge is 2.51. The van der Waals surface area contributed by atoms with Crippen molar-refractivity contribution >= 4 is 18.3 Å². The summed E-state index contributed by atoms with van der Waals surface area (Å²) in [6.07, 6.45) is 1.70. The standard InChI is InChI=1S/C12H19BN2O3/c1-11(2)12(3,4)18-13(17-11)8-6-9(14)10(16)15(5)7-8/h6-7H,14H2,1-5H3. The monoisotopic (exact) mass is 250 g/mol. The second-order valence-corrected chi connectivity index (χ2v) is 5.73. The van der Waals surface area contributed by atoms with Crippen LogP contribution in [0.4, 0.5) is 5.69 Å². The van der Waals surface area contributed by atoms with E-state index in [0.29, 0.717) is 0 Å². The van der Waals surface area contributed by atoms with Gasteiger partial charge in [-0.2, -0.15) is 0 Å². The molecule has 2 rings (SSSR count). The minimum Gasteiger partial charge on any atom is -0.399 e. The molecule has 0 saturated carbocycles. The Balaban J connectivity index is 2.39. The van der Waals surface area contributed by atoms with Gasteiger partial charge < -0.3 is 19.6 Å². The Labute approximate surface area is 107 Å². The fourth-order valence-electron chi connectivity index (χ4n) is 1.87. The maximum atomic E-state index is 11.5. The van der Waals surface area contributed by atoms with Gasteiger partial charge >= 0.3 is 7.12 Å². The predicted octanol–water partition coefficient (Wildman–Crippen LogP) is 0.267. The first-order chi connectivity index (χ1) is 8.14. The van der Waals surface area contributed by atoms with Crippen molar-refractivity contribution in [3.8, 4) is 0 Å². The summed E-state index contributed by atoms with van der Waals surface area (Å²) < 4.78 is 13.3. The first-order valence-electron chi connectivity index (χ1n) is 5.96. The summed E-state index contributed by atoms with van der Waals surface area (Å²) in [4.78, 5) is 11.5. The quantitative estimate of drug-likeness (QED) is 0.726. The lowest BCUT2D eigenvalue weighted by Crippen LogP contribution is -2.41. The lowest BCUT2D eigenvalue weighted by Gasteiger charge is -2.32. The second-order valence-electron chi connectivity index (χ2n) is 5.73. The van der Waals surface area contributed by atoms with Gasteiger partial charge in [0.05, 0.1) is 16.9 Å². The summed E-state index contributed by atoms with van der Waals surface area (Å²) in [6, 6.07) is 1.62. The molecule has 0 unspecified atom stereocenters. The number of hydrogen-bond acceptors (Lipinski definition) is 4. The maximum Gasteiger partial charge on any atom is 0.496 e. The largest absolute Gasteiger partial charge is 0.496 e. The highest BCUT2D eigenvalue weighted by Crippen LogP contribution is 2.36. The molecule has 0 radical (unpaired) electrons. The number of hydrogen-bond donors (Lipinski definition) is 1. The van der Waals surface area contributed by atoms with E-state index >= 15 is 0 Å². The molecule has 0 aliphatic carbocycles. The Morgan fingerprint density at radius 1 is 1.22 bits per heavy atom. The average Bonchev–Trinajstić information content (AvgIpc) is 2.44. The van der Waals surface area contributed by atoms with Crippen LogP contribution in [0.5, 0.6) is 0 Å². The van der Waals surface area contributed by atoms with Crippen LogP contribution in [0.3, 0.4) is 0 Å². The van der Waals surface area contributed by atoms with Crippen molar-refractivity contribution < 1.29 is 9.31 Å². The zero-order valence-electron chi connectivity index (χ0n) is 11.5. The molecule has 1 aliphatic rings. The van der Waals surface area contributed by atoms with E-state index in [4.69, 9.17) is 15.0 Å². The molecule has 2 heterocycles. The number of rotatable bonds is 1. The van der Waals surface area contributed by atoms with Crippen molar-refractivity contribution in [2.75, 3.05) is 5.73 Å². The Hall–Kier alpha value is -1.27. The SMILES string of the molecule is Cn1cc(B2OC(C)(C)C(C)(C)O2)cc(N)c1=O. The Morgan fingerprint density at radius 2 is 1.72 bits per heavy atom. The molecule has 1 aromatic heterocycles. The van der Waals surface area contributed by atoms with Crippen LogP contribution in [0.1, 0.15) is 27.7 Å². The van der Waals surface area contributed by atoms with E-state index in [1.165, 1.54) is 4.57 Å². The zero-order valence-corrected chi connectivity index (χ0v) is 11.5. The molecule has 0 spiro atoms. The lowest BCUT2D eigenvalue weighted by atomic mass is 9.80. The van der Waals surface area contributed by atoms with Crippen LogP contribution >= 0.6 is 0 Å². The molecule has 6 heteroatoms. The van der Waals surface area contributed by atoms with Gasteiger partial charge in [-0.1, -0.05) is 0 Å². The number of aromatic nitrogens is 1. The van der Waals surface area contributed by atoms with Gasteiger partial charge in [-0.25, -0.2) is 0 Å². The number of nitrogens with zero attached hydrogens (tertiary/aromatic N) is 1. The van der Waals surface area contributed by atoms with Crippen molar-refractivity contribution in [2.45, 2.75) is 38.9 Å². The molecule has 5 nitrogen and oxygen atoms in total. The molecule has 0 amide bonds. The van der Waals surface area contributed by atoms with Crippen molar-refractivity contribution in [1.82, 2.24) is 4.57 Å².